The summed E-state index contributed by atoms with van der Waals surface area (Å²) < 4.78 is 15.8. The first-order valence-electron chi connectivity index (χ1n) is 6.14. The first-order valence-corrected chi connectivity index (χ1v) is 6.14. The van der Waals surface area contributed by atoms with Crippen molar-refractivity contribution >= 4 is 6.09 Å². The van der Waals surface area contributed by atoms with Crippen LogP contribution in [0.4, 0.5) is 4.79 Å². The molecule has 1 fully saturated rings. The highest BCUT2D eigenvalue weighted by molar-refractivity contribution is 5.68. The van der Waals surface area contributed by atoms with E-state index in [1.807, 2.05) is 20.8 Å². The van der Waals surface area contributed by atoms with Gasteiger partial charge in [0, 0.05) is 33.9 Å². The molecule has 1 amide bonds. The van der Waals surface area contributed by atoms with Crippen molar-refractivity contribution < 1.29 is 19.0 Å². The molecule has 1 unspecified atom stereocenters. The highest BCUT2D eigenvalue weighted by atomic mass is 16.7. The maximum Gasteiger partial charge on any atom is 0.410 e. The Labute approximate surface area is 109 Å². The van der Waals surface area contributed by atoms with E-state index in [2.05, 4.69) is 5.32 Å². The van der Waals surface area contributed by atoms with E-state index in [1.54, 1.807) is 19.1 Å². The first kappa shape index (κ1) is 15.2. The van der Waals surface area contributed by atoms with Gasteiger partial charge in [-0.3, -0.25) is 0 Å². The predicted molar refractivity (Wildman–Crippen MR) is 67.4 cm³/mol. The highest BCUT2D eigenvalue weighted by Gasteiger charge is 2.31. The molecule has 106 valence electrons. The zero-order valence-electron chi connectivity index (χ0n) is 11.9. The summed E-state index contributed by atoms with van der Waals surface area (Å²) >= 11 is 0. The van der Waals surface area contributed by atoms with Gasteiger partial charge in [-0.1, -0.05) is 0 Å². The summed E-state index contributed by atoms with van der Waals surface area (Å²) in [7, 11) is 3.17. The molecule has 6 nitrogen and oxygen atoms in total. The Balaban J connectivity index is 2.55. The molecule has 1 heterocycles. The number of nitrogens with one attached hydrogen (secondary N) is 1. The van der Waals surface area contributed by atoms with Gasteiger partial charge < -0.3 is 24.4 Å². The van der Waals surface area contributed by atoms with Crippen molar-refractivity contribution in [3.63, 3.8) is 0 Å². The summed E-state index contributed by atoms with van der Waals surface area (Å²) in [6, 6.07) is -0.0405. The van der Waals surface area contributed by atoms with Crippen LogP contribution in [-0.2, 0) is 14.2 Å². The average molecular weight is 260 g/mol. The van der Waals surface area contributed by atoms with Gasteiger partial charge in [0.2, 0.25) is 0 Å². The topological polar surface area (TPSA) is 60.0 Å². The van der Waals surface area contributed by atoms with Crippen LogP contribution in [0.5, 0.6) is 0 Å². The fourth-order valence-electron chi connectivity index (χ4n) is 1.88. The summed E-state index contributed by atoms with van der Waals surface area (Å²) in [5.74, 6) is 0. The van der Waals surface area contributed by atoms with E-state index in [0.717, 1.165) is 0 Å². The second kappa shape index (κ2) is 6.36. The van der Waals surface area contributed by atoms with E-state index in [4.69, 9.17) is 14.2 Å². The van der Waals surface area contributed by atoms with Crippen LogP contribution in [0.25, 0.3) is 0 Å². The molecule has 18 heavy (non-hydrogen) atoms. The van der Waals surface area contributed by atoms with Crippen LogP contribution in [-0.4, -0.2) is 62.8 Å². The largest absolute Gasteiger partial charge is 0.444 e. The second-order valence-corrected chi connectivity index (χ2v) is 5.33. The normalized spacial score (nSPS) is 21.2. The maximum absolute atomic E-state index is 12.0. The Morgan fingerprint density at radius 1 is 1.33 bits per heavy atom. The van der Waals surface area contributed by atoms with Gasteiger partial charge in [-0.2, -0.15) is 0 Å². The number of hydrogen-bond acceptors (Lipinski definition) is 5. The van der Waals surface area contributed by atoms with Crippen LogP contribution < -0.4 is 5.32 Å². The lowest BCUT2D eigenvalue weighted by atomic mass is 10.2. The van der Waals surface area contributed by atoms with E-state index in [-0.39, 0.29) is 18.4 Å². The fourth-order valence-corrected chi connectivity index (χ4v) is 1.88. The van der Waals surface area contributed by atoms with Crippen molar-refractivity contribution in [3.8, 4) is 0 Å². The number of carbonyl (C=O) groups is 1. The summed E-state index contributed by atoms with van der Waals surface area (Å²) in [6.45, 7) is 7.42. The third-order valence-electron chi connectivity index (χ3n) is 2.65. The van der Waals surface area contributed by atoms with Gasteiger partial charge in [0.05, 0.1) is 6.04 Å². The zero-order valence-corrected chi connectivity index (χ0v) is 11.9. The lowest BCUT2D eigenvalue weighted by molar-refractivity contribution is -0.130. The predicted octanol–water partition coefficient (Wildman–Crippen LogP) is 0.814. The molecule has 1 N–H and O–H groups in total. The standard InChI is InChI=1S/C12H24N2O4/c1-12(2,3)18-11(15)14-7-6-13-9(8-14)10(16-4)17-5/h9-10,13H,6-8H2,1-5H3. The SMILES string of the molecule is COC(OC)C1CN(C(=O)OC(C)(C)C)CCN1. The molecule has 0 aromatic carbocycles. The van der Waals surface area contributed by atoms with Crippen molar-refractivity contribution in [3.05, 3.63) is 0 Å². The molecule has 6 heteroatoms. The van der Waals surface area contributed by atoms with Crippen LogP contribution in [0.2, 0.25) is 0 Å². The van der Waals surface area contributed by atoms with Gasteiger partial charge in [-0.25, -0.2) is 4.79 Å². The van der Waals surface area contributed by atoms with E-state index < -0.39 is 5.60 Å². The van der Waals surface area contributed by atoms with E-state index in [1.165, 1.54) is 0 Å². The molecule has 1 atom stereocenters. The minimum Gasteiger partial charge on any atom is -0.444 e. The molecule has 0 saturated carbocycles. The number of piperazine rings is 1. The Morgan fingerprint density at radius 3 is 2.44 bits per heavy atom. The minimum absolute atomic E-state index is 0.0405. The molecule has 1 aliphatic heterocycles. The van der Waals surface area contributed by atoms with Crippen LogP contribution in [0.3, 0.4) is 0 Å². The Morgan fingerprint density at radius 2 is 1.94 bits per heavy atom. The van der Waals surface area contributed by atoms with Gasteiger partial charge >= 0.3 is 6.09 Å². The molecule has 1 saturated heterocycles. The molecule has 0 aromatic heterocycles. The monoisotopic (exact) mass is 260 g/mol. The molecule has 0 aromatic rings. The lowest BCUT2D eigenvalue weighted by Gasteiger charge is -2.37. The smallest absolute Gasteiger partial charge is 0.410 e. The van der Waals surface area contributed by atoms with Crippen molar-refractivity contribution in [2.45, 2.75) is 38.7 Å². The molecule has 0 bridgehead atoms. The van der Waals surface area contributed by atoms with Gasteiger partial charge in [-0.15, -0.1) is 0 Å². The van der Waals surface area contributed by atoms with Gasteiger partial charge in [0.1, 0.15) is 5.60 Å². The second-order valence-electron chi connectivity index (χ2n) is 5.33. The maximum atomic E-state index is 12.0. The summed E-state index contributed by atoms with van der Waals surface area (Å²) in [6.07, 6.45) is -0.657. The Hall–Kier alpha value is -0.850. The first-order chi connectivity index (χ1) is 8.37. The third-order valence-corrected chi connectivity index (χ3v) is 2.65. The summed E-state index contributed by atoms with van der Waals surface area (Å²) in [4.78, 5) is 13.6. The number of hydrogen-bond donors (Lipinski definition) is 1. The van der Waals surface area contributed by atoms with Crippen LogP contribution >= 0.6 is 0 Å². The number of methoxy groups -OCH3 is 2. The van der Waals surface area contributed by atoms with Crippen molar-refractivity contribution in [2.24, 2.45) is 0 Å². The molecule has 1 aliphatic rings. The van der Waals surface area contributed by atoms with Crippen molar-refractivity contribution in [2.75, 3.05) is 33.9 Å². The minimum atomic E-state index is -0.473. The molecule has 0 radical (unpaired) electrons. The zero-order chi connectivity index (χ0) is 13.8. The number of ether oxygens (including phenoxy) is 3. The lowest BCUT2D eigenvalue weighted by Crippen LogP contribution is -2.58. The van der Waals surface area contributed by atoms with Gasteiger partial charge in [0.25, 0.3) is 0 Å². The summed E-state index contributed by atoms with van der Waals surface area (Å²) in [5.41, 5.74) is -0.473. The van der Waals surface area contributed by atoms with Crippen LogP contribution in [0.15, 0.2) is 0 Å². The third kappa shape index (κ3) is 4.44. The van der Waals surface area contributed by atoms with E-state index >= 15 is 0 Å². The van der Waals surface area contributed by atoms with Crippen LogP contribution in [0.1, 0.15) is 20.8 Å². The fraction of sp³-hybridized carbons (Fsp3) is 0.917. The number of amides is 1. The molecule has 0 aliphatic carbocycles. The van der Waals surface area contributed by atoms with Crippen LogP contribution in [0, 0.1) is 0 Å². The Bertz CT molecular complexity index is 274. The van der Waals surface area contributed by atoms with E-state index in [0.29, 0.717) is 19.6 Å². The van der Waals surface area contributed by atoms with E-state index in [9.17, 15) is 4.79 Å². The molecular weight excluding hydrogens is 236 g/mol. The molecule has 0 spiro atoms. The highest BCUT2D eigenvalue weighted by Crippen LogP contribution is 2.13. The number of rotatable bonds is 3. The summed E-state index contributed by atoms with van der Waals surface area (Å²) in [5, 5.41) is 3.27. The Kier molecular flexibility index (Phi) is 5.37. The van der Waals surface area contributed by atoms with Crippen molar-refractivity contribution in [1.82, 2.24) is 10.2 Å². The number of carbonyl (C=O) groups excluding carboxylic acids is 1. The van der Waals surface area contributed by atoms with Gasteiger partial charge in [-0.05, 0) is 20.8 Å². The molecule has 1 rings (SSSR count). The molecular formula is C12H24N2O4. The van der Waals surface area contributed by atoms with Crippen molar-refractivity contribution in [1.29, 1.82) is 0 Å². The quantitative estimate of drug-likeness (QED) is 0.761. The van der Waals surface area contributed by atoms with Gasteiger partial charge in [0.15, 0.2) is 6.29 Å². The number of nitrogens with zero attached hydrogens (tertiary/aromatic N) is 1. The average Bonchev–Trinajstić information content (AvgIpc) is 2.29.